The maximum absolute atomic E-state index is 12.8. The number of primary amides is 1. The smallest absolute Gasteiger partial charge is 0.263 e. The topological polar surface area (TPSA) is 76.3 Å². The van der Waals surface area contributed by atoms with E-state index in [1.54, 1.807) is 4.90 Å². The van der Waals surface area contributed by atoms with Crippen LogP contribution in [0.25, 0.3) is 21.0 Å². The average Bonchev–Trinajstić information content (AvgIpc) is 3.07. The number of fused-ring (bicyclic) bond motifs is 3. The number of carbonyl (C=O) groups excluding carboxylic acids is 2. The molecule has 128 valence electrons. The van der Waals surface area contributed by atoms with Gasteiger partial charge in [0.25, 0.3) is 5.91 Å². The summed E-state index contributed by atoms with van der Waals surface area (Å²) in [5.41, 5.74) is 6.18. The quantitative estimate of drug-likeness (QED) is 0.699. The van der Waals surface area contributed by atoms with Crippen molar-refractivity contribution in [2.24, 2.45) is 11.7 Å². The summed E-state index contributed by atoms with van der Waals surface area (Å²) in [6.07, 6.45) is 1.24. The number of piperidine rings is 1. The second kappa shape index (κ2) is 6.28. The Kier molecular flexibility index (Phi) is 4.09. The first kappa shape index (κ1) is 16.3. The van der Waals surface area contributed by atoms with E-state index in [1.807, 2.05) is 30.3 Å². The molecule has 7 heteroatoms. The van der Waals surface area contributed by atoms with Gasteiger partial charge >= 0.3 is 0 Å². The monoisotopic (exact) mass is 373 g/mol. The number of aromatic nitrogens is 1. The van der Waals surface area contributed by atoms with Gasteiger partial charge < -0.3 is 10.6 Å². The molecular formula is C18H16ClN3O2S. The molecule has 2 N–H and O–H groups in total. The fourth-order valence-corrected chi connectivity index (χ4v) is 4.76. The summed E-state index contributed by atoms with van der Waals surface area (Å²) in [6.45, 7) is 1.10. The maximum Gasteiger partial charge on any atom is 0.263 e. The van der Waals surface area contributed by atoms with Crippen LogP contribution in [0.15, 0.2) is 30.3 Å². The minimum atomic E-state index is -0.279. The van der Waals surface area contributed by atoms with Crippen LogP contribution >= 0.6 is 22.9 Å². The summed E-state index contributed by atoms with van der Waals surface area (Å²) in [7, 11) is 0. The number of likely N-dealkylation sites (tertiary alicyclic amines) is 1. The molecule has 1 fully saturated rings. The van der Waals surface area contributed by atoms with E-state index >= 15 is 0 Å². The lowest BCUT2D eigenvalue weighted by Crippen LogP contribution is -2.41. The van der Waals surface area contributed by atoms with Gasteiger partial charge in [-0.25, -0.2) is 4.98 Å². The fraction of sp³-hybridized carbons (Fsp3) is 0.278. The highest BCUT2D eigenvalue weighted by molar-refractivity contribution is 7.21. The van der Waals surface area contributed by atoms with Crippen LogP contribution in [0.2, 0.25) is 5.15 Å². The van der Waals surface area contributed by atoms with Crippen LogP contribution < -0.4 is 5.73 Å². The first-order chi connectivity index (χ1) is 12.0. The van der Waals surface area contributed by atoms with Gasteiger partial charge in [0, 0.05) is 34.5 Å². The minimum Gasteiger partial charge on any atom is -0.369 e. The molecule has 0 aliphatic carbocycles. The van der Waals surface area contributed by atoms with E-state index in [1.165, 1.54) is 11.3 Å². The lowest BCUT2D eigenvalue weighted by molar-refractivity contribution is -0.123. The molecule has 0 atom stereocenters. The van der Waals surface area contributed by atoms with E-state index in [2.05, 4.69) is 4.98 Å². The summed E-state index contributed by atoms with van der Waals surface area (Å²) in [6, 6.07) is 9.60. The predicted molar refractivity (Wildman–Crippen MR) is 100.0 cm³/mol. The number of benzene rings is 1. The zero-order chi connectivity index (χ0) is 17.6. The Bertz CT molecular complexity index is 993. The van der Waals surface area contributed by atoms with E-state index in [-0.39, 0.29) is 17.7 Å². The maximum atomic E-state index is 12.8. The average molecular weight is 374 g/mol. The van der Waals surface area contributed by atoms with Gasteiger partial charge in [-0.15, -0.1) is 11.3 Å². The minimum absolute atomic E-state index is 0.0238. The molecule has 1 aromatic carbocycles. The van der Waals surface area contributed by atoms with E-state index < -0.39 is 0 Å². The number of thiophene rings is 1. The summed E-state index contributed by atoms with van der Waals surface area (Å²) in [5.74, 6) is -0.434. The molecule has 2 aromatic heterocycles. The van der Waals surface area contributed by atoms with Gasteiger partial charge in [0.05, 0.1) is 10.4 Å². The Labute approximate surface area is 153 Å². The van der Waals surface area contributed by atoms with Gasteiger partial charge in [-0.2, -0.15) is 0 Å². The van der Waals surface area contributed by atoms with Crippen molar-refractivity contribution in [1.82, 2.24) is 9.88 Å². The predicted octanol–water partition coefficient (Wildman–Crippen LogP) is 3.44. The SMILES string of the molecule is NC(=O)C1CCN(C(=O)c2cc3c(Cl)nc4ccccc4c3s2)CC1. The summed E-state index contributed by atoms with van der Waals surface area (Å²) in [5, 5.41) is 2.22. The Morgan fingerprint density at radius 1 is 1.20 bits per heavy atom. The molecule has 0 unspecified atom stereocenters. The van der Waals surface area contributed by atoms with Gasteiger partial charge in [-0.05, 0) is 25.0 Å². The van der Waals surface area contributed by atoms with Crippen molar-refractivity contribution >= 4 is 55.7 Å². The number of halogens is 1. The summed E-state index contributed by atoms with van der Waals surface area (Å²) in [4.78, 5) is 31.0. The molecule has 0 bridgehead atoms. The van der Waals surface area contributed by atoms with E-state index in [0.717, 1.165) is 21.0 Å². The van der Waals surface area contributed by atoms with Crippen LogP contribution in [0.1, 0.15) is 22.5 Å². The van der Waals surface area contributed by atoms with Gasteiger partial charge in [0.2, 0.25) is 5.91 Å². The standard InChI is InChI=1S/C18H16ClN3O2S/c19-16-12-9-14(18(24)22-7-5-10(6-8-22)17(20)23)25-15(12)11-3-1-2-4-13(11)21-16/h1-4,9-10H,5-8H2,(H2,20,23). The van der Waals surface area contributed by atoms with Gasteiger partial charge in [0.15, 0.2) is 0 Å². The molecule has 1 saturated heterocycles. The van der Waals surface area contributed by atoms with Crippen molar-refractivity contribution in [1.29, 1.82) is 0 Å². The van der Waals surface area contributed by atoms with Gasteiger partial charge in [-0.1, -0.05) is 29.8 Å². The van der Waals surface area contributed by atoms with Gasteiger partial charge in [-0.3, -0.25) is 9.59 Å². The van der Waals surface area contributed by atoms with E-state index in [0.29, 0.717) is 36.0 Å². The number of para-hydroxylation sites is 1. The van der Waals surface area contributed by atoms with Crippen LogP contribution in [-0.2, 0) is 4.79 Å². The first-order valence-corrected chi connectivity index (χ1v) is 9.30. The zero-order valence-corrected chi connectivity index (χ0v) is 14.9. The lowest BCUT2D eigenvalue weighted by atomic mass is 9.96. The molecule has 3 heterocycles. The molecule has 0 radical (unpaired) electrons. The number of hydrogen-bond acceptors (Lipinski definition) is 4. The second-order valence-corrected chi connectivity index (χ2v) is 7.65. The van der Waals surface area contributed by atoms with Crippen molar-refractivity contribution < 1.29 is 9.59 Å². The highest BCUT2D eigenvalue weighted by atomic mass is 35.5. The molecule has 3 aromatic rings. The Morgan fingerprint density at radius 3 is 2.64 bits per heavy atom. The summed E-state index contributed by atoms with van der Waals surface area (Å²) >= 11 is 7.76. The van der Waals surface area contributed by atoms with Crippen molar-refractivity contribution in [3.63, 3.8) is 0 Å². The van der Waals surface area contributed by atoms with E-state index in [9.17, 15) is 9.59 Å². The van der Waals surface area contributed by atoms with Crippen LogP contribution in [-0.4, -0.2) is 34.8 Å². The molecule has 0 spiro atoms. The van der Waals surface area contributed by atoms with Crippen LogP contribution in [0.4, 0.5) is 0 Å². The van der Waals surface area contributed by atoms with Crippen molar-refractivity contribution in [3.8, 4) is 0 Å². The fourth-order valence-electron chi connectivity index (χ4n) is 3.30. The Morgan fingerprint density at radius 2 is 1.92 bits per heavy atom. The largest absolute Gasteiger partial charge is 0.369 e. The number of carbonyl (C=O) groups is 2. The Hall–Kier alpha value is -2.18. The summed E-state index contributed by atoms with van der Waals surface area (Å²) < 4.78 is 0.978. The molecule has 1 aliphatic rings. The number of pyridine rings is 1. The lowest BCUT2D eigenvalue weighted by Gasteiger charge is -2.30. The molecule has 1 aliphatic heterocycles. The first-order valence-electron chi connectivity index (χ1n) is 8.11. The highest BCUT2D eigenvalue weighted by Crippen LogP contribution is 2.36. The number of nitrogens with two attached hydrogens (primary N) is 1. The van der Waals surface area contributed by atoms with Crippen LogP contribution in [0, 0.1) is 5.92 Å². The number of hydrogen-bond donors (Lipinski definition) is 1. The number of amides is 2. The molecule has 0 saturated carbocycles. The molecule has 25 heavy (non-hydrogen) atoms. The number of rotatable bonds is 2. The molecule has 4 rings (SSSR count). The van der Waals surface area contributed by atoms with Gasteiger partial charge in [0.1, 0.15) is 5.15 Å². The number of nitrogens with zero attached hydrogens (tertiary/aromatic N) is 2. The Balaban J connectivity index is 1.68. The van der Waals surface area contributed by atoms with E-state index in [4.69, 9.17) is 17.3 Å². The third-order valence-electron chi connectivity index (χ3n) is 4.72. The van der Waals surface area contributed by atoms with Crippen LogP contribution in [0.5, 0.6) is 0 Å². The highest BCUT2D eigenvalue weighted by Gasteiger charge is 2.27. The third kappa shape index (κ3) is 2.85. The van der Waals surface area contributed by atoms with Crippen LogP contribution in [0.3, 0.4) is 0 Å². The second-order valence-electron chi connectivity index (χ2n) is 6.24. The van der Waals surface area contributed by atoms with Crippen molar-refractivity contribution in [2.75, 3.05) is 13.1 Å². The van der Waals surface area contributed by atoms with Crippen molar-refractivity contribution in [3.05, 3.63) is 40.4 Å². The molecule has 5 nitrogen and oxygen atoms in total. The third-order valence-corrected chi connectivity index (χ3v) is 6.16. The zero-order valence-electron chi connectivity index (χ0n) is 13.4. The van der Waals surface area contributed by atoms with Crippen molar-refractivity contribution in [2.45, 2.75) is 12.8 Å². The molecule has 2 amide bonds. The normalized spacial score (nSPS) is 15.8. The molecular weight excluding hydrogens is 358 g/mol.